The second-order valence-corrected chi connectivity index (χ2v) is 8.94. The van der Waals surface area contributed by atoms with Crippen LogP contribution in [0.25, 0.3) is 68.3 Å². The molecular formula is C32H20N6O2. The standard InChI is InChI=1S/C32H20N6O2/c1-7-25(23-5-3-15-33-17-23)37-27(9-1)31-35-19-29(39-31)21-11-13-22(14-12-21)30-20-36-32(40-30)28-10-2-8-26(38-28)24-6-4-16-34-18-24/h1-20H. The van der Waals surface area contributed by atoms with Crippen LogP contribution in [0.2, 0.25) is 0 Å². The van der Waals surface area contributed by atoms with E-state index in [1.807, 2.05) is 84.9 Å². The highest BCUT2D eigenvalue weighted by molar-refractivity contribution is 5.68. The third-order valence-electron chi connectivity index (χ3n) is 6.32. The van der Waals surface area contributed by atoms with E-state index in [4.69, 9.17) is 18.8 Å². The van der Waals surface area contributed by atoms with Gasteiger partial charge in [-0.2, -0.15) is 0 Å². The Hall–Kier alpha value is -5.76. The molecule has 7 aromatic rings. The number of aromatic nitrogens is 6. The number of oxazole rings is 2. The van der Waals surface area contributed by atoms with Crippen LogP contribution in [0.3, 0.4) is 0 Å². The molecule has 0 aliphatic heterocycles. The van der Waals surface area contributed by atoms with Crippen molar-refractivity contribution in [3.8, 4) is 68.3 Å². The molecule has 0 atom stereocenters. The molecule has 0 N–H and O–H groups in total. The molecule has 6 heterocycles. The Balaban J connectivity index is 1.11. The van der Waals surface area contributed by atoms with Gasteiger partial charge in [0.05, 0.1) is 23.8 Å². The van der Waals surface area contributed by atoms with Gasteiger partial charge in [0, 0.05) is 47.0 Å². The Bertz CT molecular complexity index is 1760. The van der Waals surface area contributed by atoms with Crippen molar-refractivity contribution in [3.05, 3.63) is 122 Å². The molecule has 0 aliphatic rings. The minimum Gasteiger partial charge on any atom is -0.435 e. The van der Waals surface area contributed by atoms with Crippen molar-refractivity contribution in [2.45, 2.75) is 0 Å². The molecule has 0 bridgehead atoms. The first-order chi connectivity index (χ1) is 19.8. The van der Waals surface area contributed by atoms with Gasteiger partial charge in [-0.05, 0) is 48.5 Å². The molecule has 0 spiro atoms. The quantitative estimate of drug-likeness (QED) is 0.226. The zero-order valence-corrected chi connectivity index (χ0v) is 21.0. The average molecular weight is 521 g/mol. The fraction of sp³-hybridized carbons (Fsp3) is 0. The van der Waals surface area contributed by atoms with E-state index in [0.29, 0.717) is 34.7 Å². The maximum atomic E-state index is 6.06. The summed E-state index contributed by atoms with van der Waals surface area (Å²) in [6.45, 7) is 0. The first-order valence-electron chi connectivity index (χ1n) is 12.6. The lowest BCUT2D eigenvalue weighted by Crippen LogP contribution is -1.88. The summed E-state index contributed by atoms with van der Waals surface area (Å²) in [7, 11) is 0. The number of benzene rings is 1. The lowest BCUT2D eigenvalue weighted by Gasteiger charge is -2.02. The Morgan fingerprint density at radius 1 is 0.400 bits per heavy atom. The van der Waals surface area contributed by atoms with Crippen molar-refractivity contribution < 1.29 is 8.83 Å². The Morgan fingerprint density at radius 3 is 1.27 bits per heavy atom. The van der Waals surface area contributed by atoms with Crippen LogP contribution in [-0.4, -0.2) is 29.9 Å². The summed E-state index contributed by atoms with van der Waals surface area (Å²) in [4.78, 5) is 26.7. The zero-order chi connectivity index (χ0) is 26.7. The third-order valence-corrected chi connectivity index (χ3v) is 6.32. The Kier molecular flexibility index (Phi) is 5.95. The van der Waals surface area contributed by atoms with Crippen LogP contribution in [-0.2, 0) is 0 Å². The predicted molar refractivity (Wildman–Crippen MR) is 150 cm³/mol. The highest BCUT2D eigenvalue weighted by atomic mass is 16.4. The molecule has 6 aromatic heterocycles. The normalized spacial score (nSPS) is 11.0. The number of rotatable bonds is 6. The first-order valence-corrected chi connectivity index (χ1v) is 12.6. The van der Waals surface area contributed by atoms with Crippen LogP contribution in [0.1, 0.15) is 0 Å². The third kappa shape index (κ3) is 4.65. The van der Waals surface area contributed by atoms with Crippen molar-refractivity contribution in [2.75, 3.05) is 0 Å². The first kappa shape index (κ1) is 23.4. The van der Waals surface area contributed by atoms with Gasteiger partial charge in [-0.25, -0.2) is 19.9 Å². The molecule has 1 aromatic carbocycles. The summed E-state index contributed by atoms with van der Waals surface area (Å²) < 4.78 is 12.1. The van der Waals surface area contributed by atoms with E-state index in [0.717, 1.165) is 33.6 Å². The topological polar surface area (TPSA) is 104 Å². The van der Waals surface area contributed by atoms with E-state index in [-0.39, 0.29) is 0 Å². The van der Waals surface area contributed by atoms with Gasteiger partial charge in [-0.3, -0.25) is 9.97 Å². The molecule has 0 saturated carbocycles. The molecule has 0 saturated heterocycles. The smallest absolute Gasteiger partial charge is 0.245 e. The fourth-order valence-electron chi connectivity index (χ4n) is 4.31. The molecule has 40 heavy (non-hydrogen) atoms. The second-order valence-electron chi connectivity index (χ2n) is 8.94. The number of pyridine rings is 4. The van der Waals surface area contributed by atoms with Crippen LogP contribution < -0.4 is 0 Å². The van der Waals surface area contributed by atoms with Gasteiger partial charge in [0.1, 0.15) is 11.4 Å². The highest BCUT2D eigenvalue weighted by Gasteiger charge is 2.14. The predicted octanol–water partition coefficient (Wildman–Crippen LogP) is 7.24. The summed E-state index contributed by atoms with van der Waals surface area (Å²) in [6.07, 6.45) is 10.4. The number of hydrogen-bond acceptors (Lipinski definition) is 8. The van der Waals surface area contributed by atoms with Crippen LogP contribution >= 0.6 is 0 Å². The molecule has 8 nitrogen and oxygen atoms in total. The maximum absolute atomic E-state index is 6.06. The van der Waals surface area contributed by atoms with E-state index in [2.05, 4.69) is 19.9 Å². The number of nitrogens with zero attached hydrogens (tertiary/aromatic N) is 6. The van der Waals surface area contributed by atoms with Crippen molar-refractivity contribution >= 4 is 0 Å². The highest BCUT2D eigenvalue weighted by Crippen LogP contribution is 2.30. The molecule has 0 aliphatic carbocycles. The summed E-state index contributed by atoms with van der Waals surface area (Å²) >= 11 is 0. The summed E-state index contributed by atoms with van der Waals surface area (Å²) in [5.41, 5.74) is 6.55. The minimum absolute atomic E-state index is 0.450. The van der Waals surface area contributed by atoms with Gasteiger partial charge in [0.25, 0.3) is 0 Å². The molecule has 0 unspecified atom stereocenters. The van der Waals surface area contributed by atoms with Crippen molar-refractivity contribution in [2.24, 2.45) is 0 Å². The van der Waals surface area contributed by atoms with Gasteiger partial charge in [-0.15, -0.1) is 0 Å². The molecule has 8 heteroatoms. The van der Waals surface area contributed by atoms with Gasteiger partial charge >= 0.3 is 0 Å². The monoisotopic (exact) mass is 520 g/mol. The van der Waals surface area contributed by atoms with Gasteiger partial charge in [0.15, 0.2) is 11.5 Å². The van der Waals surface area contributed by atoms with Crippen LogP contribution in [0, 0.1) is 0 Å². The Morgan fingerprint density at radius 2 is 0.850 bits per heavy atom. The van der Waals surface area contributed by atoms with E-state index in [1.165, 1.54) is 0 Å². The average Bonchev–Trinajstić information content (AvgIpc) is 3.74. The van der Waals surface area contributed by atoms with Crippen molar-refractivity contribution in [1.82, 2.24) is 29.9 Å². The molecule has 7 rings (SSSR count). The van der Waals surface area contributed by atoms with Crippen LogP contribution in [0.15, 0.2) is 131 Å². The lowest BCUT2D eigenvalue weighted by molar-refractivity contribution is 0.584. The summed E-state index contributed by atoms with van der Waals surface area (Å²) in [5.74, 6) is 2.19. The summed E-state index contributed by atoms with van der Waals surface area (Å²) in [5, 5.41) is 0. The molecule has 0 radical (unpaired) electrons. The zero-order valence-electron chi connectivity index (χ0n) is 21.0. The Labute approximate surface area is 229 Å². The van der Waals surface area contributed by atoms with E-state index in [9.17, 15) is 0 Å². The van der Waals surface area contributed by atoms with Crippen LogP contribution in [0.4, 0.5) is 0 Å². The van der Waals surface area contributed by atoms with Crippen molar-refractivity contribution in [1.29, 1.82) is 0 Å². The van der Waals surface area contributed by atoms with Crippen LogP contribution in [0.5, 0.6) is 0 Å². The second kappa shape index (κ2) is 10.2. The molecule has 0 fully saturated rings. The summed E-state index contributed by atoms with van der Waals surface area (Å²) in [6, 6.07) is 27.0. The van der Waals surface area contributed by atoms with E-state index in [1.54, 1.807) is 37.2 Å². The van der Waals surface area contributed by atoms with Gasteiger partial charge < -0.3 is 8.83 Å². The minimum atomic E-state index is 0.450. The largest absolute Gasteiger partial charge is 0.435 e. The van der Waals surface area contributed by atoms with Gasteiger partial charge in [-0.1, -0.05) is 36.4 Å². The van der Waals surface area contributed by atoms with E-state index >= 15 is 0 Å². The van der Waals surface area contributed by atoms with E-state index < -0.39 is 0 Å². The maximum Gasteiger partial charge on any atom is 0.245 e. The lowest BCUT2D eigenvalue weighted by atomic mass is 10.1. The molecular weight excluding hydrogens is 500 g/mol. The molecule has 190 valence electrons. The number of hydrogen-bond donors (Lipinski definition) is 0. The van der Waals surface area contributed by atoms with Gasteiger partial charge in [0.2, 0.25) is 11.8 Å². The SMILES string of the molecule is c1cncc(-c2cccc(-c3ncc(-c4ccc(-c5cnc(-c6cccc(-c7cccnc7)n6)o5)cc4)o3)n2)c1. The van der Waals surface area contributed by atoms with Crippen molar-refractivity contribution in [3.63, 3.8) is 0 Å². The fourth-order valence-corrected chi connectivity index (χ4v) is 4.31. The molecule has 0 amide bonds.